The Bertz CT molecular complexity index is 881. The molecule has 1 aliphatic rings. The fraction of sp³-hybridized carbons (Fsp3) is 0.389. The molecule has 0 unspecified atom stereocenters. The maximum absolute atomic E-state index is 6.00. The first kappa shape index (κ1) is 16.5. The third-order valence-corrected chi connectivity index (χ3v) is 5.79. The molecule has 0 aliphatic carbocycles. The molecule has 5 nitrogen and oxygen atoms in total. The molecule has 0 radical (unpaired) electrons. The number of thiazole rings is 1. The van der Waals surface area contributed by atoms with Crippen LogP contribution >= 0.6 is 22.9 Å². The van der Waals surface area contributed by atoms with Crippen molar-refractivity contribution in [3.8, 4) is 0 Å². The van der Waals surface area contributed by atoms with Crippen LogP contribution in [0.1, 0.15) is 18.2 Å². The Balaban J connectivity index is 1.49. The number of aryl methyl sites for hydroxylation is 2. The highest BCUT2D eigenvalue weighted by Gasteiger charge is 2.21. The number of benzene rings is 1. The third kappa shape index (κ3) is 3.41. The van der Waals surface area contributed by atoms with Gasteiger partial charge in [0.25, 0.3) is 0 Å². The highest BCUT2D eigenvalue weighted by atomic mass is 35.5. The van der Waals surface area contributed by atoms with E-state index in [2.05, 4.69) is 44.9 Å². The number of halogens is 1. The fourth-order valence-corrected chi connectivity index (χ4v) is 4.42. The van der Waals surface area contributed by atoms with E-state index in [-0.39, 0.29) is 0 Å². The van der Waals surface area contributed by atoms with Gasteiger partial charge in [-0.1, -0.05) is 24.3 Å². The van der Waals surface area contributed by atoms with Gasteiger partial charge in [-0.15, -0.1) is 0 Å². The maximum Gasteiger partial charge on any atom is 0.224 e. The minimum absolute atomic E-state index is 0.315. The van der Waals surface area contributed by atoms with Gasteiger partial charge in [0, 0.05) is 37.9 Å². The smallest absolute Gasteiger partial charge is 0.224 e. The quantitative estimate of drug-likeness (QED) is 0.651. The van der Waals surface area contributed by atoms with Gasteiger partial charge < -0.3 is 9.80 Å². The van der Waals surface area contributed by atoms with Crippen LogP contribution in [0.25, 0.3) is 10.2 Å². The van der Waals surface area contributed by atoms with E-state index in [1.165, 1.54) is 10.3 Å². The average molecular weight is 374 g/mol. The number of anilines is 2. The minimum atomic E-state index is 0.315. The molecule has 3 heterocycles. The SMILES string of the molecule is CCc1ccc2nc(N3CCN(c4cc(C)nc(Cl)n4)CC3)sc2c1. The van der Waals surface area contributed by atoms with E-state index < -0.39 is 0 Å². The highest BCUT2D eigenvalue weighted by Crippen LogP contribution is 2.30. The third-order valence-electron chi connectivity index (χ3n) is 4.54. The Kier molecular flexibility index (Phi) is 4.48. The number of rotatable bonds is 3. The summed E-state index contributed by atoms with van der Waals surface area (Å²) in [5.74, 6) is 0.911. The summed E-state index contributed by atoms with van der Waals surface area (Å²) in [7, 11) is 0. The lowest BCUT2D eigenvalue weighted by atomic mass is 10.2. The van der Waals surface area contributed by atoms with Crippen molar-refractivity contribution in [1.82, 2.24) is 15.0 Å². The molecule has 7 heteroatoms. The molecule has 25 heavy (non-hydrogen) atoms. The molecule has 3 aromatic rings. The van der Waals surface area contributed by atoms with E-state index in [1.54, 1.807) is 11.3 Å². The van der Waals surface area contributed by atoms with Crippen LogP contribution in [0.15, 0.2) is 24.3 Å². The van der Waals surface area contributed by atoms with Crippen molar-refractivity contribution >= 4 is 44.1 Å². The second kappa shape index (κ2) is 6.77. The van der Waals surface area contributed by atoms with E-state index in [9.17, 15) is 0 Å². The molecule has 0 spiro atoms. The number of aromatic nitrogens is 3. The number of hydrogen-bond donors (Lipinski definition) is 0. The molecular weight excluding hydrogens is 354 g/mol. The van der Waals surface area contributed by atoms with Crippen molar-refractivity contribution in [2.75, 3.05) is 36.0 Å². The summed E-state index contributed by atoms with van der Waals surface area (Å²) in [6.07, 6.45) is 1.06. The van der Waals surface area contributed by atoms with Crippen molar-refractivity contribution in [2.24, 2.45) is 0 Å². The first-order chi connectivity index (χ1) is 12.1. The zero-order chi connectivity index (χ0) is 17.4. The van der Waals surface area contributed by atoms with Crippen molar-refractivity contribution in [1.29, 1.82) is 0 Å². The molecule has 1 aromatic carbocycles. The molecule has 0 bridgehead atoms. The summed E-state index contributed by atoms with van der Waals surface area (Å²) < 4.78 is 1.27. The van der Waals surface area contributed by atoms with Gasteiger partial charge in [0.2, 0.25) is 5.28 Å². The largest absolute Gasteiger partial charge is 0.353 e. The molecule has 0 N–H and O–H groups in total. The first-order valence-electron chi connectivity index (χ1n) is 8.53. The molecule has 0 saturated carbocycles. The van der Waals surface area contributed by atoms with E-state index in [1.807, 2.05) is 13.0 Å². The van der Waals surface area contributed by atoms with Gasteiger partial charge in [-0.25, -0.2) is 15.0 Å². The predicted molar refractivity (Wildman–Crippen MR) is 105 cm³/mol. The zero-order valence-electron chi connectivity index (χ0n) is 14.4. The van der Waals surface area contributed by atoms with Gasteiger partial charge in [0.05, 0.1) is 10.2 Å². The van der Waals surface area contributed by atoms with Crippen LogP contribution in [0.2, 0.25) is 5.28 Å². The number of piperazine rings is 1. The first-order valence-corrected chi connectivity index (χ1v) is 9.72. The second-order valence-electron chi connectivity index (χ2n) is 6.26. The Morgan fingerprint density at radius 2 is 1.80 bits per heavy atom. The molecule has 1 fully saturated rings. The number of hydrogen-bond acceptors (Lipinski definition) is 6. The molecule has 0 amide bonds. The lowest BCUT2D eigenvalue weighted by Gasteiger charge is -2.35. The van der Waals surface area contributed by atoms with Crippen LogP contribution in [0.3, 0.4) is 0 Å². The van der Waals surface area contributed by atoms with Crippen LogP contribution < -0.4 is 9.80 Å². The van der Waals surface area contributed by atoms with E-state index in [4.69, 9.17) is 16.6 Å². The Morgan fingerprint density at radius 3 is 2.52 bits per heavy atom. The van der Waals surface area contributed by atoms with E-state index in [0.29, 0.717) is 5.28 Å². The van der Waals surface area contributed by atoms with Gasteiger partial charge >= 0.3 is 0 Å². The molecule has 1 aliphatic heterocycles. The Hall–Kier alpha value is -1.92. The van der Waals surface area contributed by atoms with Crippen molar-refractivity contribution < 1.29 is 0 Å². The lowest BCUT2D eigenvalue weighted by molar-refractivity contribution is 0.645. The molecule has 1 saturated heterocycles. The van der Waals surface area contributed by atoms with Gasteiger partial charge in [-0.3, -0.25) is 0 Å². The summed E-state index contributed by atoms with van der Waals surface area (Å²) in [5.41, 5.74) is 3.36. The van der Waals surface area contributed by atoms with Crippen molar-refractivity contribution in [3.05, 3.63) is 40.8 Å². The Morgan fingerprint density at radius 1 is 1.04 bits per heavy atom. The predicted octanol–water partition coefficient (Wildman–Crippen LogP) is 3.94. The summed E-state index contributed by atoms with van der Waals surface area (Å²) in [6.45, 7) is 7.80. The van der Waals surface area contributed by atoms with Crippen LogP contribution in [-0.2, 0) is 6.42 Å². The summed E-state index contributed by atoms with van der Waals surface area (Å²) >= 11 is 7.78. The summed E-state index contributed by atoms with van der Waals surface area (Å²) in [6, 6.07) is 8.56. The average Bonchev–Trinajstić information content (AvgIpc) is 3.04. The second-order valence-corrected chi connectivity index (χ2v) is 7.61. The highest BCUT2D eigenvalue weighted by molar-refractivity contribution is 7.22. The molecule has 2 aromatic heterocycles. The van der Waals surface area contributed by atoms with Crippen molar-refractivity contribution in [2.45, 2.75) is 20.3 Å². The minimum Gasteiger partial charge on any atom is -0.353 e. The molecule has 130 valence electrons. The maximum atomic E-state index is 6.00. The van der Waals surface area contributed by atoms with E-state index >= 15 is 0 Å². The Labute approximate surface area is 156 Å². The molecule has 4 rings (SSSR count). The molecular formula is C18H20ClN5S. The topological polar surface area (TPSA) is 45.2 Å². The number of nitrogens with zero attached hydrogens (tertiary/aromatic N) is 5. The monoisotopic (exact) mass is 373 g/mol. The lowest BCUT2D eigenvalue weighted by Crippen LogP contribution is -2.46. The standard InChI is InChI=1S/C18H20ClN5S/c1-3-13-4-5-14-15(11-13)25-18(21-14)24-8-6-23(7-9-24)16-10-12(2)20-17(19)22-16/h4-5,10-11H,3,6-9H2,1-2H3. The van der Waals surface area contributed by atoms with Crippen LogP contribution in [0.4, 0.5) is 10.9 Å². The molecule has 0 atom stereocenters. The normalized spacial score (nSPS) is 15.2. The van der Waals surface area contributed by atoms with E-state index in [0.717, 1.165) is 54.8 Å². The summed E-state index contributed by atoms with van der Waals surface area (Å²) in [5, 5.41) is 1.43. The zero-order valence-corrected chi connectivity index (χ0v) is 15.9. The van der Waals surface area contributed by atoms with Gasteiger partial charge in [0.1, 0.15) is 5.82 Å². The number of fused-ring (bicyclic) bond motifs is 1. The van der Waals surface area contributed by atoms with Crippen molar-refractivity contribution in [3.63, 3.8) is 0 Å². The summed E-state index contributed by atoms with van der Waals surface area (Å²) in [4.78, 5) is 17.9. The van der Waals surface area contributed by atoms with Crippen LogP contribution in [0, 0.1) is 6.92 Å². The van der Waals surface area contributed by atoms with Crippen LogP contribution in [-0.4, -0.2) is 41.1 Å². The van der Waals surface area contributed by atoms with Gasteiger partial charge in [-0.05, 0) is 42.6 Å². The van der Waals surface area contributed by atoms with Gasteiger partial charge in [0.15, 0.2) is 5.13 Å². The van der Waals surface area contributed by atoms with Gasteiger partial charge in [-0.2, -0.15) is 0 Å². The fourth-order valence-electron chi connectivity index (χ4n) is 3.12. The van der Waals surface area contributed by atoms with Crippen LogP contribution in [0.5, 0.6) is 0 Å².